The average Bonchev–Trinajstić information content (AvgIpc) is 3.36. The number of aryl methyl sites for hydroxylation is 1. The van der Waals surface area contributed by atoms with Crippen molar-refractivity contribution in [3.8, 4) is 0 Å². The Morgan fingerprint density at radius 2 is 2.31 bits per heavy atom. The van der Waals surface area contributed by atoms with Gasteiger partial charge in [0, 0.05) is 42.9 Å². The number of hydrogen-bond acceptors (Lipinski definition) is 4. The molecule has 4 nitrogen and oxygen atoms in total. The molecule has 4 heterocycles. The standard InChI is InChI=1S/C21H30N2O2S/c1-4-15-5-6-19(26-15)20(24)22-11-16-17-12-23(10-8-14(2)3)13-21(17)9-7-18(16)25-21/h5-6,8,16-18H,4,7,9-13H2,1-3H3,(H,22,24)/t16-,17+,18+,21+/m0/s1. The predicted molar refractivity (Wildman–Crippen MR) is 106 cm³/mol. The molecule has 3 aliphatic heterocycles. The first kappa shape index (κ1) is 18.2. The maximum absolute atomic E-state index is 12.5. The number of likely N-dealkylation sites (tertiary alicyclic amines) is 1. The summed E-state index contributed by atoms with van der Waals surface area (Å²) < 4.78 is 6.48. The number of carbonyl (C=O) groups excluding carboxylic acids is 1. The van der Waals surface area contributed by atoms with Crippen LogP contribution in [0.5, 0.6) is 0 Å². The largest absolute Gasteiger partial charge is 0.370 e. The third-order valence-corrected chi connectivity index (χ3v) is 7.57. The molecule has 0 unspecified atom stereocenters. The SMILES string of the molecule is CCc1ccc(C(=O)NC[C@H]2[C@H]3CN(CC=C(C)C)C[C@]34CC[C@H]2O4)s1. The zero-order valence-electron chi connectivity index (χ0n) is 16.1. The van der Waals surface area contributed by atoms with Crippen LogP contribution in [0.1, 0.15) is 48.2 Å². The number of carbonyl (C=O) groups is 1. The summed E-state index contributed by atoms with van der Waals surface area (Å²) in [5.74, 6) is 1.09. The Morgan fingerprint density at radius 1 is 1.46 bits per heavy atom. The third-order valence-electron chi connectivity index (χ3n) is 6.34. The van der Waals surface area contributed by atoms with Crippen molar-refractivity contribution in [2.24, 2.45) is 11.8 Å². The third kappa shape index (κ3) is 3.25. The topological polar surface area (TPSA) is 41.6 Å². The Bertz CT molecular complexity index is 709. The Kier molecular flexibility index (Phi) is 4.97. The lowest BCUT2D eigenvalue weighted by Gasteiger charge is -2.29. The second-order valence-electron chi connectivity index (χ2n) is 8.34. The predicted octanol–water partition coefficient (Wildman–Crippen LogP) is 3.49. The molecule has 0 radical (unpaired) electrons. The number of amides is 1. The van der Waals surface area contributed by atoms with Crippen LogP contribution in [-0.2, 0) is 11.2 Å². The van der Waals surface area contributed by atoms with Crippen molar-refractivity contribution in [2.75, 3.05) is 26.2 Å². The minimum absolute atomic E-state index is 0.0495. The lowest BCUT2D eigenvalue weighted by Crippen LogP contribution is -2.41. The molecule has 4 rings (SSSR count). The average molecular weight is 375 g/mol. The van der Waals surface area contributed by atoms with E-state index >= 15 is 0 Å². The van der Waals surface area contributed by atoms with Crippen LogP contribution in [0.4, 0.5) is 0 Å². The monoisotopic (exact) mass is 374 g/mol. The van der Waals surface area contributed by atoms with Gasteiger partial charge in [0.15, 0.2) is 0 Å². The van der Waals surface area contributed by atoms with E-state index in [0.717, 1.165) is 43.9 Å². The van der Waals surface area contributed by atoms with Gasteiger partial charge in [-0.2, -0.15) is 0 Å². The highest BCUT2D eigenvalue weighted by Crippen LogP contribution is 2.54. The Morgan fingerprint density at radius 3 is 3.04 bits per heavy atom. The molecule has 3 saturated heterocycles. The molecule has 0 saturated carbocycles. The van der Waals surface area contributed by atoms with Gasteiger partial charge in [0.05, 0.1) is 16.6 Å². The summed E-state index contributed by atoms with van der Waals surface area (Å²) >= 11 is 1.61. The van der Waals surface area contributed by atoms with Crippen molar-refractivity contribution in [2.45, 2.75) is 51.7 Å². The summed E-state index contributed by atoms with van der Waals surface area (Å²) in [6.07, 6.45) is 5.96. The van der Waals surface area contributed by atoms with Crippen LogP contribution in [0.15, 0.2) is 23.8 Å². The summed E-state index contributed by atoms with van der Waals surface area (Å²) in [7, 11) is 0. The number of ether oxygens (including phenoxy) is 1. The molecule has 1 N–H and O–H groups in total. The maximum Gasteiger partial charge on any atom is 0.261 e. The molecule has 5 heteroatoms. The Labute approximate surface area is 160 Å². The van der Waals surface area contributed by atoms with E-state index in [4.69, 9.17) is 4.74 Å². The summed E-state index contributed by atoms with van der Waals surface area (Å²) in [5, 5.41) is 3.20. The van der Waals surface area contributed by atoms with Crippen molar-refractivity contribution in [1.29, 1.82) is 0 Å². The fraction of sp³-hybridized carbons (Fsp3) is 0.667. The summed E-state index contributed by atoms with van der Waals surface area (Å²) in [5.41, 5.74) is 1.42. The molecule has 1 spiro atoms. The van der Waals surface area contributed by atoms with Gasteiger partial charge in [-0.05, 0) is 45.2 Å². The van der Waals surface area contributed by atoms with Gasteiger partial charge < -0.3 is 10.1 Å². The second kappa shape index (κ2) is 7.10. The number of nitrogens with zero attached hydrogens (tertiary/aromatic N) is 1. The number of hydrogen-bond donors (Lipinski definition) is 1. The molecule has 0 aliphatic carbocycles. The summed E-state index contributed by atoms with van der Waals surface area (Å²) in [6, 6.07) is 4.02. The van der Waals surface area contributed by atoms with Crippen molar-refractivity contribution >= 4 is 17.2 Å². The molecule has 1 aromatic heterocycles. The van der Waals surface area contributed by atoms with Gasteiger partial charge >= 0.3 is 0 Å². The first-order valence-corrected chi connectivity index (χ1v) is 10.7. The van der Waals surface area contributed by atoms with Crippen molar-refractivity contribution in [1.82, 2.24) is 10.2 Å². The van der Waals surface area contributed by atoms with E-state index in [1.807, 2.05) is 6.07 Å². The van der Waals surface area contributed by atoms with E-state index in [0.29, 0.717) is 17.9 Å². The Balaban J connectivity index is 1.38. The second-order valence-corrected chi connectivity index (χ2v) is 9.50. The van der Waals surface area contributed by atoms with Gasteiger partial charge in [0.2, 0.25) is 0 Å². The maximum atomic E-state index is 12.5. The molecule has 4 atom stereocenters. The lowest BCUT2D eigenvalue weighted by molar-refractivity contribution is 0.00364. The number of allylic oxidation sites excluding steroid dienone is 1. The van der Waals surface area contributed by atoms with E-state index in [1.54, 1.807) is 11.3 Å². The normalized spacial score (nSPS) is 32.7. The van der Waals surface area contributed by atoms with Crippen molar-refractivity contribution < 1.29 is 9.53 Å². The van der Waals surface area contributed by atoms with Gasteiger partial charge in [-0.15, -0.1) is 11.3 Å². The number of thiophene rings is 1. The van der Waals surface area contributed by atoms with Crippen molar-refractivity contribution in [3.63, 3.8) is 0 Å². The molecule has 0 aromatic carbocycles. The van der Waals surface area contributed by atoms with E-state index in [-0.39, 0.29) is 11.5 Å². The fourth-order valence-corrected chi connectivity index (χ4v) is 5.86. The van der Waals surface area contributed by atoms with Crippen LogP contribution in [0.2, 0.25) is 0 Å². The minimum atomic E-state index is 0.0495. The van der Waals surface area contributed by atoms with Crippen LogP contribution in [-0.4, -0.2) is 48.7 Å². The van der Waals surface area contributed by atoms with Gasteiger partial charge in [0.1, 0.15) is 0 Å². The first-order valence-electron chi connectivity index (χ1n) is 9.91. The van der Waals surface area contributed by atoms with Gasteiger partial charge in [-0.25, -0.2) is 0 Å². The lowest BCUT2D eigenvalue weighted by atomic mass is 9.73. The minimum Gasteiger partial charge on any atom is -0.370 e. The highest BCUT2D eigenvalue weighted by Gasteiger charge is 2.62. The van der Waals surface area contributed by atoms with Gasteiger partial charge in [-0.3, -0.25) is 9.69 Å². The first-order chi connectivity index (χ1) is 12.5. The molecule has 142 valence electrons. The smallest absolute Gasteiger partial charge is 0.261 e. The number of rotatable bonds is 6. The van der Waals surface area contributed by atoms with Crippen LogP contribution < -0.4 is 5.32 Å². The zero-order chi connectivity index (χ0) is 18.3. The van der Waals surface area contributed by atoms with E-state index in [2.05, 4.69) is 43.1 Å². The molecule has 3 aliphatic rings. The number of fused-ring (bicyclic) bond motifs is 1. The molecular weight excluding hydrogens is 344 g/mol. The van der Waals surface area contributed by atoms with Gasteiger partial charge in [-0.1, -0.05) is 18.6 Å². The summed E-state index contributed by atoms with van der Waals surface area (Å²) in [4.78, 5) is 17.1. The Hall–Kier alpha value is -1.17. The van der Waals surface area contributed by atoms with E-state index in [9.17, 15) is 4.79 Å². The molecular formula is C21H30N2O2S. The fourth-order valence-electron chi connectivity index (χ4n) is 5.00. The highest BCUT2D eigenvalue weighted by atomic mass is 32.1. The van der Waals surface area contributed by atoms with Gasteiger partial charge in [0.25, 0.3) is 5.91 Å². The van der Waals surface area contributed by atoms with E-state index in [1.165, 1.54) is 16.9 Å². The van der Waals surface area contributed by atoms with Crippen LogP contribution in [0, 0.1) is 11.8 Å². The van der Waals surface area contributed by atoms with Crippen LogP contribution in [0.3, 0.4) is 0 Å². The molecule has 1 aromatic rings. The quantitative estimate of drug-likeness (QED) is 0.775. The van der Waals surface area contributed by atoms with Crippen molar-refractivity contribution in [3.05, 3.63) is 33.5 Å². The molecule has 26 heavy (non-hydrogen) atoms. The van der Waals surface area contributed by atoms with E-state index < -0.39 is 0 Å². The number of nitrogens with one attached hydrogen (secondary N) is 1. The summed E-state index contributed by atoms with van der Waals surface area (Å²) in [6.45, 7) is 10.3. The molecule has 2 bridgehead atoms. The molecule has 3 fully saturated rings. The van der Waals surface area contributed by atoms with Crippen LogP contribution >= 0.6 is 11.3 Å². The zero-order valence-corrected chi connectivity index (χ0v) is 16.9. The highest BCUT2D eigenvalue weighted by molar-refractivity contribution is 7.14. The molecule has 1 amide bonds. The van der Waals surface area contributed by atoms with Crippen LogP contribution in [0.25, 0.3) is 0 Å².